The Morgan fingerprint density at radius 1 is 0.405 bits per heavy atom. The maximum Gasteiger partial charge on any atom is 0.256 e. The van der Waals surface area contributed by atoms with Gasteiger partial charge < -0.3 is 0 Å². The Morgan fingerprint density at radius 3 is 1.10 bits per heavy atom. The van der Waals surface area contributed by atoms with Crippen LogP contribution >= 0.6 is 0 Å². The van der Waals surface area contributed by atoms with Crippen molar-refractivity contribution in [1.82, 2.24) is 4.57 Å². The molecule has 1 heterocycles. The second-order valence-corrected chi connectivity index (χ2v) is 13.8. The van der Waals surface area contributed by atoms with E-state index in [-0.39, 0.29) is 0 Å². The predicted octanol–water partition coefficient (Wildman–Crippen LogP) is 13.5. The molecular formula is C40H79N2+. The minimum Gasteiger partial charge on any atom is -0.234 e. The molecule has 0 saturated carbocycles. The van der Waals surface area contributed by atoms with Crippen LogP contribution in [-0.2, 0) is 19.5 Å². The molecule has 248 valence electrons. The minimum absolute atomic E-state index is 1.18. The summed E-state index contributed by atoms with van der Waals surface area (Å²) in [4.78, 5) is 0. The predicted molar refractivity (Wildman–Crippen MR) is 188 cm³/mol. The molecule has 0 aliphatic rings. The lowest BCUT2D eigenvalue weighted by Gasteiger charge is -2.06. The summed E-state index contributed by atoms with van der Waals surface area (Å²) in [5, 5.41) is 0. The number of rotatable bonds is 34. The molecule has 2 nitrogen and oxygen atoms in total. The van der Waals surface area contributed by atoms with Gasteiger partial charge >= 0.3 is 0 Å². The van der Waals surface area contributed by atoms with Gasteiger partial charge in [0.25, 0.3) is 5.82 Å². The average Bonchev–Trinajstić information content (AvgIpc) is 3.38. The molecule has 0 atom stereocenters. The fraction of sp³-hybridized carbons (Fsp3) is 0.925. The van der Waals surface area contributed by atoms with Gasteiger partial charge in [0, 0.05) is 6.42 Å². The first-order chi connectivity index (χ1) is 20.8. The van der Waals surface area contributed by atoms with Crippen molar-refractivity contribution in [3.05, 3.63) is 18.2 Å². The number of aryl methyl sites for hydroxylation is 2. The summed E-state index contributed by atoms with van der Waals surface area (Å²) in [5.41, 5.74) is 0. The van der Waals surface area contributed by atoms with Crippen LogP contribution in [0.2, 0.25) is 0 Å². The van der Waals surface area contributed by atoms with Crippen LogP contribution in [0.3, 0.4) is 0 Å². The SMILES string of the molecule is CCCCCCCCCCCCCCCCCc1n(CCCCCCCCCCCCCCCCC)cc[n+]1CCC. The van der Waals surface area contributed by atoms with E-state index in [0.29, 0.717) is 0 Å². The van der Waals surface area contributed by atoms with Gasteiger partial charge in [-0.15, -0.1) is 0 Å². The van der Waals surface area contributed by atoms with Gasteiger partial charge in [-0.1, -0.05) is 194 Å². The average molecular weight is 588 g/mol. The third-order valence-electron chi connectivity index (χ3n) is 9.56. The Labute approximate surface area is 266 Å². The van der Waals surface area contributed by atoms with Crippen molar-refractivity contribution < 1.29 is 4.57 Å². The van der Waals surface area contributed by atoms with Crippen molar-refractivity contribution in [2.24, 2.45) is 0 Å². The Bertz CT molecular complexity index is 648. The second-order valence-electron chi connectivity index (χ2n) is 13.8. The number of unbranched alkanes of at least 4 members (excludes halogenated alkanes) is 28. The minimum atomic E-state index is 1.18. The third kappa shape index (κ3) is 23.6. The molecule has 1 aromatic heterocycles. The van der Waals surface area contributed by atoms with E-state index >= 15 is 0 Å². The lowest BCUT2D eigenvalue weighted by molar-refractivity contribution is -0.703. The summed E-state index contributed by atoms with van der Waals surface area (Å²) in [5.74, 6) is 1.59. The van der Waals surface area contributed by atoms with E-state index in [2.05, 4.69) is 42.3 Å². The monoisotopic (exact) mass is 588 g/mol. The number of hydrogen-bond acceptors (Lipinski definition) is 0. The van der Waals surface area contributed by atoms with Gasteiger partial charge in [-0.05, 0) is 25.7 Å². The molecule has 0 aliphatic carbocycles. The number of imidazole rings is 1. The van der Waals surface area contributed by atoms with Crippen molar-refractivity contribution in [1.29, 1.82) is 0 Å². The fourth-order valence-corrected chi connectivity index (χ4v) is 6.74. The number of aromatic nitrogens is 2. The Morgan fingerprint density at radius 2 is 0.738 bits per heavy atom. The van der Waals surface area contributed by atoms with Crippen molar-refractivity contribution in [3.63, 3.8) is 0 Å². The van der Waals surface area contributed by atoms with E-state index in [9.17, 15) is 0 Å². The third-order valence-corrected chi connectivity index (χ3v) is 9.56. The van der Waals surface area contributed by atoms with Crippen LogP contribution in [0.15, 0.2) is 12.4 Å². The quantitative estimate of drug-likeness (QED) is 0.0560. The summed E-state index contributed by atoms with van der Waals surface area (Å²) in [7, 11) is 0. The molecule has 0 saturated heterocycles. The van der Waals surface area contributed by atoms with Crippen molar-refractivity contribution in [3.8, 4) is 0 Å². The zero-order valence-electron chi connectivity index (χ0n) is 29.6. The summed E-state index contributed by atoms with van der Waals surface area (Å²) >= 11 is 0. The molecule has 0 aliphatic heterocycles. The molecule has 1 aromatic rings. The lowest BCUT2D eigenvalue weighted by Crippen LogP contribution is -2.37. The van der Waals surface area contributed by atoms with Crippen LogP contribution in [0.25, 0.3) is 0 Å². The molecule has 2 heteroatoms. The topological polar surface area (TPSA) is 8.81 Å². The van der Waals surface area contributed by atoms with Gasteiger partial charge in [0.1, 0.15) is 12.4 Å². The van der Waals surface area contributed by atoms with Gasteiger partial charge in [-0.3, -0.25) is 0 Å². The smallest absolute Gasteiger partial charge is 0.234 e. The van der Waals surface area contributed by atoms with Crippen LogP contribution in [0.4, 0.5) is 0 Å². The van der Waals surface area contributed by atoms with Crippen LogP contribution in [0, 0.1) is 0 Å². The van der Waals surface area contributed by atoms with E-state index in [1.807, 2.05) is 0 Å². The van der Waals surface area contributed by atoms with Crippen molar-refractivity contribution in [2.75, 3.05) is 0 Å². The summed E-state index contributed by atoms with van der Waals surface area (Å²) in [6.45, 7) is 9.34. The molecule has 0 bridgehead atoms. The fourth-order valence-electron chi connectivity index (χ4n) is 6.74. The van der Waals surface area contributed by atoms with Gasteiger partial charge in [-0.2, -0.15) is 0 Å². The van der Waals surface area contributed by atoms with E-state index in [4.69, 9.17) is 0 Å². The zero-order chi connectivity index (χ0) is 30.2. The maximum absolute atomic E-state index is 2.60. The van der Waals surface area contributed by atoms with E-state index in [1.54, 1.807) is 5.82 Å². The van der Waals surface area contributed by atoms with Crippen LogP contribution in [-0.4, -0.2) is 4.57 Å². The largest absolute Gasteiger partial charge is 0.256 e. The highest BCUT2D eigenvalue weighted by atomic mass is 15.1. The lowest BCUT2D eigenvalue weighted by atomic mass is 10.0. The molecule has 0 fully saturated rings. The van der Waals surface area contributed by atoms with E-state index in [0.717, 1.165) is 0 Å². The molecule has 42 heavy (non-hydrogen) atoms. The zero-order valence-corrected chi connectivity index (χ0v) is 29.6. The first kappa shape index (κ1) is 39.2. The summed E-state index contributed by atoms with van der Waals surface area (Å²) in [6.07, 6.45) is 50.6. The molecule has 0 spiro atoms. The molecule has 1 rings (SSSR count). The first-order valence-corrected chi connectivity index (χ1v) is 19.9. The van der Waals surface area contributed by atoms with Gasteiger partial charge in [0.2, 0.25) is 0 Å². The van der Waals surface area contributed by atoms with E-state index in [1.165, 1.54) is 219 Å². The van der Waals surface area contributed by atoms with Gasteiger partial charge in [0.05, 0.1) is 13.1 Å². The maximum atomic E-state index is 2.60. The van der Waals surface area contributed by atoms with Crippen molar-refractivity contribution in [2.45, 2.75) is 239 Å². The van der Waals surface area contributed by atoms with E-state index < -0.39 is 0 Å². The van der Waals surface area contributed by atoms with Gasteiger partial charge in [0.15, 0.2) is 0 Å². The highest BCUT2D eigenvalue weighted by molar-refractivity contribution is 4.84. The highest BCUT2D eigenvalue weighted by Gasteiger charge is 2.15. The highest BCUT2D eigenvalue weighted by Crippen LogP contribution is 2.16. The van der Waals surface area contributed by atoms with Crippen molar-refractivity contribution >= 4 is 0 Å². The Kier molecular flexibility index (Phi) is 29.5. The van der Waals surface area contributed by atoms with Gasteiger partial charge in [-0.25, -0.2) is 9.13 Å². The molecule has 0 N–H and O–H groups in total. The Balaban J connectivity index is 2.02. The molecular weight excluding hydrogens is 508 g/mol. The second kappa shape index (κ2) is 31.6. The summed E-state index contributed by atoms with van der Waals surface area (Å²) in [6, 6.07) is 0. The Hall–Kier alpha value is -0.790. The molecule has 0 radical (unpaired) electrons. The molecule has 0 unspecified atom stereocenters. The number of hydrogen-bond donors (Lipinski definition) is 0. The standard InChI is InChI=1S/C40H79N2/c1-4-7-9-11-13-15-17-19-21-23-25-27-29-31-33-35-40-41(36-6-3)38-39-42(40)37-34-32-30-28-26-24-22-20-18-16-14-12-10-8-5-2/h38-39H,4-37H2,1-3H3/q+1. The first-order valence-electron chi connectivity index (χ1n) is 19.9. The number of nitrogens with zero attached hydrogens (tertiary/aromatic N) is 2. The normalized spacial score (nSPS) is 11.6. The molecule has 0 aromatic carbocycles. The van der Waals surface area contributed by atoms with Crippen LogP contribution < -0.4 is 4.57 Å². The van der Waals surface area contributed by atoms with Crippen LogP contribution in [0.5, 0.6) is 0 Å². The van der Waals surface area contributed by atoms with Crippen LogP contribution in [0.1, 0.15) is 226 Å². The summed E-state index contributed by atoms with van der Waals surface area (Å²) < 4.78 is 5.15. The molecule has 0 amide bonds.